The number of carboxylic acids is 1. The molecule has 2 rings (SSSR count). The fourth-order valence-electron chi connectivity index (χ4n) is 1.82. The Morgan fingerprint density at radius 1 is 1.37 bits per heavy atom. The molecule has 19 heavy (non-hydrogen) atoms. The molecule has 0 bridgehead atoms. The number of hydrogen-bond donors (Lipinski definition) is 3. The van der Waals surface area contributed by atoms with E-state index in [0.717, 1.165) is 5.75 Å². The number of nitrogens with one attached hydrogen (secondary N) is 2. The van der Waals surface area contributed by atoms with Gasteiger partial charge in [-0.15, -0.1) is 0 Å². The summed E-state index contributed by atoms with van der Waals surface area (Å²) in [6.45, 7) is 0. The van der Waals surface area contributed by atoms with E-state index < -0.39 is 17.5 Å². The summed E-state index contributed by atoms with van der Waals surface area (Å²) in [6.07, 6.45) is 0.420. The summed E-state index contributed by atoms with van der Waals surface area (Å²) in [5, 5.41) is 14.8. The van der Waals surface area contributed by atoms with Crippen LogP contribution in [0.25, 0.3) is 0 Å². The molecule has 1 aliphatic rings. The Morgan fingerprint density at radius 2 is 2.11 bits per heavy atom. The van der Waals surface area contributed by atoms with E-state index in [1.165, 1.54) is 11.8 Å². The van der Waals surface area contributed by atoms with Crippen LogP contribution in [0.4, 0.5) is 10.5 Å². The molecule has 1 aliphatic heterocycles. The lowest BCUT2D eigenvalue weighted by molar-refractivity contribution is -0.143. The molecular formula is C12H13ClN2O3S. The molecule has 3 N–H and O–H groups in total. The highest BCUT2D eigenvalue weighted by molar-refractivity contribution is 7.99. The van der Waals surface area contributed by atoms with E-state index in [1.807, 2.05) is 0 Å². The Labute approximate surface area is 119 Å². The molecule has 0 radical (unpaired) electrons. The Morgan fingerprint density at radius 3 is 2.68 bits per heavy atom. The molecule has 1 aromatic rings. The van der Waals surface area contributed by atoms with Gasteiger partial charge in [0, 0.05) is 5.75 Å². The number of hydrogen-bond acceptors (Lipinski definition) is 3. The topological polar surface area (TPSA) is 78.4 Å². The minimum absolute atomic E-state index is 0.373. The summed E-state index contributed by atoms with van der Waals surface area (Å²) in [5.74, 6) is 0.0866. The van der Waals surface area contributed by atoms with Gasteiger partial charge in [0.15, 0.2) is 0 Å². The SMILES string of the molecule is O=C(Nc1ccccc1Cl)N[C@@]1(C(=O)O)CCSC1. The number of thioether (sulfide) groups is 1. The number of carboxylic acid groups (broad SMARTS) is 1. The fourth-order valence-corrected chi connectivity index (χ4v) is 3.33. The van der Waals surface area contributed by atoms with Gasteiger partial charge in [-0.1, -0.05) is 23.7 Å². The lowest BCUT2D eigenvalue weighted by atomic mass is 10.00. The second-order valence-corrected chi connectivity index (χ2v) is 5.76. The second-order valence-electron chi connectivity index (χ2n) is 4.25. The minimum Gasteiger partial charge on any atom is -0.479 e. The monoisotopic (exact) mass is 300 g/mol. The third-order valence-electron chi connectivity index (χ3n) is 2.91. The summed E-state index contributed by atoms with van der Waals surface area (Å²) in [5.41, 5.74) is -0.733. The van der Waals surface area contributed by atoms with Gasteiger partial charge >= 0.3 is 12.0 Å². The van der Waals surface area contributed by atoms with E-state index in [2.05, 4.69) is 10.6 Å². The van der Waals surface area contributed by atoms with Gasteiger partial charge in [-0.25, -0.2) is 9.59 Å². The zero-order valence-electron chi connectivity index (χ0n) is 9.98. The number of amides is 2. The van der Waals surface area contributed by atoms with E-state index in [4.69, 9.17) is 11.6 Å². The van der Waals surface area contributed by atoms with Crippen LogP contribution in [0.1, 0.15) is 6.42 Å². The van der Waals surface area contributed by atoms with Crippen LogP contribution in [-0.4, -0.2) is 34.2 Å². The van der Waals surface area contributed by atoms with Crippen LogP contribution >= 0.6 is 23.4 Å². The molecule has 1 heterocycles. The van der Waals surface area contributed by atoms with Crippen molar-refractivity contribution >= 4 is 41.1 Å². The molecule has 2 amide bonds. The molecule has 1 fully saturated rings. The lowest BCUT2D eigenvalue weighted by Gasteiger charge is -2.24. The van der Waals surface area contributed by atoms with E-state index >= 15 is 0 Å². The number of benzene rings is 1. The van der Waals surface area contributed by atoms with Crippen LogP contribution in [0, 0.1) is 0 Å². The van der Waals surface area contributed by atoms with E-state index in [9.17, 15) is 14.7 Å². The lowest BCUT2D eigenvalue weighted by Crippen LogP contribution is -2.55. The molecule has 102 valence electrons. The molecule has 1 saturated heterocycles. The van der Waals surface area contributed by atoms with Crippen LogP contribution in [0.2, 0.25) is 5.02 Å². The number of halogens is 1. The molecular weight excluding hydrogens is 288 g/mol. The average molecular weight is 301 g/mol. The second kappa shape index (κ2) is 5.71. The molecule has 0 saturated carbocycles. The van der Waals surface area contributed by atoms with Crippen molar-refractivity contribution in [2.24, 2.45) is 0 Å². The van der Waals surface area contributed by atoms with Gasteiger partial charge in [-0.05, 0) is 24.3 Å². The maximum absolute atomic E-state index is 11.9. The molecule has 1 atom stereocenters. The average Bonchev–Trinajstić information content (AvgIpc) is 2.82. The molecule has 0 aromatic heterocycles. The first kappa shape index (κ1) is 14.0. The number of anilines is 1. The quantitative estimate of drug-likeness (QED) is 0.801. The van der Waals surface area contributed by atoms with Crippen molar-refractivity contribution in [2.45, 2.75) is 12.0 Å². The maximum Gasteiger partial charge on any atom is 0.330 e. The zero-order chi connectivity index (χ0) is 13.9. The van der Waals surface area contributed by atoms with Gasteiger partial charge < -0.3 is 15.7 Å². The predicted octanol–water partition coefficient (Wildman–Crippen LogP) is 2.42. The number of aliphatic carboxylic acids is 1. The summed E-state index contributed by atoms with van der Waals surface area (Å²) in [6, 6.07) is 6.23. The van der Waals surface area contributed by atoms with Crippen molar-refractivity contribution in [2.75, 3.05) is 16.8 Å². The third-order valence-corrected chi connectivity index (χ3v) is 4.43. The van der Waals surface area contributed by atoms with Crippen molar-refractivity contribution in [3.05, 3.63) is 29.3 Å². The molecule has 0 unspecified atom stereocenters. The standard InChI is InChI=1S/C12H13ClN2O3S/c13-8-3-1-2-4-9(8)14-11(18)15-12(10(16)17)5-6-19-7-12/h1-4H,5-7H2,(H,16,17)(H2,14,15,18)/t12-/m0/s1. The van der Waals surface area contributed by atoms with Crippen LogP contribution in [0.3, 0.4) is 0 Å². The first-order chi connectivity index (χ1) is 9.03. The largest absolute Gasteiger partial charge is 0.479 e. The van der Waals surface area contributed by atoms with Crippen LogP contribution in [0.15, 0.2) is 24.3 Å². The van der Waals surface area contributed by atoms with Crippen molar-refractivity contribution in [3.63, 3.8) is 0 Å². The van der Waals surface area contributed by atoms with Gasteiger partial charge in [-0.3, -0.25) is 0 Å². The third kappa shape index (κ3) is 3.13. The summed E-state index contributed by atoms with van der Waals surface area (Å²) in [4.78, 5) is 23.2. The molecule has 0 aliphatic carbocycles. The van der Waals surface area contributed by atoms with E-state index in [0.29, 0.717) is 22.9 Å². The number of carbonyl (C=O) groups is 2. The molecule has 7 heteroatoms. The van der Waals surface area contributed by atoms with Gasteiger partial charge in [0.1, 0.15) is 5.54 Å². The smallest absolute Gasteiger partial charge is 0.330 e. The summed E-state index contributed by atoms with van der Waals surface area (Å²) < 4.78 is 0. The summed E-state index contributed by atoms with van der Waals surface area (Å²) >= 11 is 7.43. The highest BCUT2D eigenvalue weighted by Crippen LogP contribution is 2.28. The van der Waals surface area contributed by atoms with Gasteiger partial charge in [0.05, 0.1) is 10.7 Å². The minimum atomic E-state index is -1.18. The van der Waals surface area contributed by atoms with Gasteiger partial charge in [-0.2, -0.15) is 11.8 Å². The van der Waals surface area contributed by atoms with Crippen molar-refractivity contribution < 1.29 is 14.7 Å². The number of carbonyl (C=O) groups excluding carboxylic acids is 1. The van der Waals surface area contributed by atoms with Crippen molar-refractivity contribution in [1.82, 2.24) is 5.32 Å². The van der Waals surface area contributed by atoms with Crippen molar-refractivity contribution in [3.8, 4) is 0 Å². The highest BCUT2D eigenvalue weighted by Gasteiger charge is 2.43. The predicted molar refractivity (Wildman–Crippen MR) is 75.9 cm³/mol. The molecule has 0 spiro atoms. The van der Waals surface area contributed by atoms with E-state index in [1.54, 1.807) is 24.3 Å². The van der Waals surface area contributed by atoms with Crippen molar-refractivity contribution in [1.29, 1.82) is 0 Å². The normalized spacial score (nSPS) is 21.9. The van der Waals surface area contributed by atoms with Gasteiger partial charge in [0.25, 0.3) is 0 Å². The number of rotatable bonds is 3. The highest BCUT2D eigenvalue weighted by atomic mass is 35.5. The summed E-state index contributed by atoms with van der Waals surface area (Å²) in [7, 11) is 0. The fraction of sp³-hybridized carbons (Fsp3) is 0.333. The number of urea groups is 1. The Kier molecular flexibility index (Phi) is 4.21. The van der Waals surface area contributed by atoms with E-state index in [-0.39, 0.29) is 0 Å². The van der Waals surface area contributed by atoms with Crippen LogP contribution in [-0.2, 0) is 4.79 Å². The first-order valence-electron chi connectivity index (χ1n) is 5.68. The molecule has 1 aromatic carbocycles. The van der Waals surface area contributed by atoms with Crippen LogP contribution < -0.4 is 10.6 Å². The Balaban J connectivity index is 2.05. The maximum atomic E-state index is 11.9. The Hall–Kier alpha value is -1.40. The number of para-hydroxylation sites is 1. The first-order valence-corrected chi connectivity index (χ1v) is 7.22. The van der Waals surface area contributed by atoms with Crippen LogP contribution in [0.5, 0.6) is 0 Å². The van der Waals surface area contributed by atoms with Gasteiger partial charge in [0.2, 0.25) is 0 Å². The molecule has 5 nitrogen and oxygen atoms in total. The Bertz CT molecular complexity index is 504. The zero-order valence-corrected chi connectivity index (χ0v) is 11.6.